The third-order valence-electron chi connectivity index (χ3n) is 5.33. The molecule has 8 heteroatoms. The average molecular weight is 470 g/mol. The van der Waals surface area contributed by atoms with Gasteiger partial charge in [0, 0.05) is 19.7 Å². The van der Waals surface area contributed by atoms with Gasteiger partial charge in [-0.3, -0.25) is 9.10 Å². The van der Waals surface area contributed by atoms with Crippen LogP contribution in [0.4, 0.5) is 10.1 Å². The van der Waals surface area contributed by atoms with Gasteiger partial charge in [0.25, 0.3) is 5.91 Å². The number of rotatable bonds is 8. The van der Waals surface area contributed by atoms with Crippen molar-refractivity contribution in [3.05, 3.63) is 101 Å². The Morgan fingerprint density at radius 3 is 2.15 bits per heavy atom. The number of hydrogen-bond acceptors (Lipinski definition) is 3. The first-order valence-electron chi connectivity index (χ1n) is 10.5. The Morgan fingerprint density at radius 1 is 0.970 bits per heavy atom. The summed E-state index contributed by atoms with van der Waals surface area (Å²) in [5, 5.41) is 2.96. The Kier molecular flexibility index (Phi) is 7.50. The largest absolute Gasteiger partial charge is 0.346 e. The van der Waals surface area contributed by atoms with E-state index in [2.05, 4.69) is 5.32 Å². The summed E-state index contributed by atoms with van der Waals surface area (Å²) in [6.07, 6.45) is 0. The van der Waals surface area contributed by atoms with Crippen molar-refractivity contribution < 1.29 is 17.6 Å². The van der Waals surface area contributed by atoms with Gasteiger partial charge in [-0.05, 0) is 49.2 Å². The molecule has 3 aromatic rings. The summed E-state index contributed by atoms with van der Waals surface area (Å²) in [6.45, 7) is 3.84. The van der Waals surface area contributed by atoms with Crippen LogP contribution in [0.25, 0.3) is 0 Å². The van der Waals surface area contributed by atoms with Gasteiger partial charge in [0.15, 0.2) is 0 Å². The van der Waals surface area contributed by atoms with Crippen molar-refractivity contribution in [3.63, 3.8) is 0 Å². The molecule has 0 radical (unpaired) electrons. The van der Waals surface area contributed by atoms with Gasteiger partial charge >= 0.3 is 10.2 Å². The van der Waals surface area contributed by atoms with Gasteiger partial charge in [0.2, 0.25) is 0 Å². The molecule has 0 unspecified atom stereocenters. The number of anilines is 1. The van der Waals surface area contributed by atoms with E-state index in [4.69, 9.17) is 0 Å². The van der Waals surface area contributed by atoms with Crippen molar-refractivity contribution >= 4 is 21.8 Å². The zero-order valence-electron chi connectivity index (χ0n) is 19.1. The molecule has 0 saturated carbocycles. The number of para-hydroxylation sites is 1. The van der Waals surface area contributed by atoms with E-state index in [0.717, 1.165) is 19.7 Å². The van der Waals surface area contributed by atoms with Crippen LogP contribution in [-0.2, 0) is 16.8 Å². The maximum atomic E-state index is 14.4. The van der Waals surface area contributed by atoms with E-state index in [1.807, 2.05) is 38.1 Å². The first kappa shape index (κ1) is 24.4. The predicted octanol–water partition coefficient (Wildman–Crippen LogP) is 4.44. The van der Waals surface area contributed by atoms with E-state index in [-0.39, 0.29) is 24.2 Å². The number of aryl methyl sites for hydroxylation is 1. The molecule has 0 aliphatic rings. The molecule has 1 N–H and O–H groups in total. The first-order chi connectivity index (χ1) is 15.6. The maximum absolute atomic E-state index is 14.4. The molecule has 0 fully saturated rings. The molecule has 0 bridgehead atoms. The second kappa shape index (κ2) is 10.1. The van der Waals surface area contributed by atoms with Crippen molar-refractivity contribution in [1.82, 2.24) is 9.62 Å². The third-order valence-corrected chi connectivity index (χ3v) is 7.13. The number of halogens is 1. The summed E-state index contributed by atoms with van der Waals surface area (Å²) < 4.78 is 42.2. The molecule has 33 heavy (non-hydrogen) atoms. The number of nitrogens with zero attached hydrogens (tertiary/aromatic N) is 2. The lowest BCUT2D eigenvalue weighted by molar-refractivity contribution is 0.0940. The van der Waals surface area contributed by atoms with E-state index in [1.54, 1.807) is 30.3 Å². The summed E-state index contributed by atoms with van der Waals surface area (Å²) in [4.78, 5) is 12.7. The lowest BCUT2D eigenvalue weighted by Crippen LogP contribution is -2.40. The van der Waals surface area contributed by atoms with Gasteiger partial charge in [0.1, 0.15) is 5.82 Å². The van der Waals surface area contributed by atoms with E-state index in [1.165, 1.54) is 32.3 Å². The van der Waals surface area contributed by atoms with Crippen LogP contribution >= 0.6 is 0 Å². The molecule has 0 spiro atoms. The van der Waals surface area contributed by atoms with Crippen molar-refractivity contribution in [1.29, 1.82) is 0 Å². The SMILES string of the molecule is Cc1ccc([C@@H](C)NC(=O)c2ccc(CN(c3ccccc3F)S(=O)(=O)N(C)C)cc2)cc1. The fourth-order valence-corrected chi connectivity index (χ4v) is 4.39. The summed E-state index contributed by atoms with van der Waals surface area (Å²) in [5.41, 5.74) is 3.17. The van der Waals surface area contributed by atoms with Gasteiger partial charge in [-0.1, -0.05) is 54.1 Å². The Balaban J connectivity index is 1.78. The van der Waals surface area contributed by atoms with Crippen molar-refractivity contribution in [2.45, 2.75) is 26.4 Å². The minimum atomic E-state index is -3.94. The Morgan fingerprint density at radius 2 is 1.58 bits per heavy atom. The normalized spacial score (nSPS) is 12.4. The highest BCUT2D eigenvalue weighted by Crippen LogP contribution is 2.25. The van der Waals surface area contributed by atoms with E-state index in [0.29, 0.717) is 11.1 Å². The molecule has 1 atom stereocenters. The van der Waals surface area contributed by atoms with E-state index in [9.17, 15) is 17.6 Å². The molecule has 0 aliphatic heterocycles. The standard InChI is InChI=1S/C25H28FN3O3S/c1-18-9-13-21(14-10-18)19(2)27-25(30)22-15-11-20(12-16-22)17-29(33(31,32)28(3)4)24-8-6-5-7-23(24)26/h5-16,19H,17H2,1-4H3,(H,27,30)/t19-/m1/s1. The van der Waals surface area contributed by atoms with Gasteiger partial charge in [0.05, 0.1) is 18.3 Å². The number of carbonyl (C=O) groups excluding carboxylic acids is 1. The molecule has 1 amide bonds. The summed E-state index contributed by atoms with van der Waals surface area (Å²) in [7, 11) is -1.15. The molecule has 174 valence electrons. The molecule has 0 heterocycles. The molecule has 3 aromatic carbocycles. The Hall–Kier alpha value is -3.23. The molecular weight excluding hydrogens is 441 g/mol. The lowest BCUT2D eigenvalue weighted by Gasteiger charge is -2.27. The fraction of sp³-hybridized carbons (Fsp3) is 0.240. The highest BCUT2D eigenvalue weighted by atomic mass is 32.2. The average Bonchev–Trinajstić information content (AvgIpc) is 2.78. The molecule has 0 aromatic heterocycles. The maximum Gasteiger partial charge on any atom is 0.303 e. The monoisotopic (exact) mass is 469 g/mol. The van der Waals surface area contributed by atoms with E-state index >= 15 is 0 Å². The summed E-state index contributed by atoms with van der Waals surface area (Å²) in [6, 6.07) is 20.1. The minimum absolute atomic E-state index is 0.0417. The molecule has 6 nitrogen and oxygen atoms in total. The predicted molar refractivity (Wildman–Crippen MR) is 129 cm³/mol. The second-order valence-corrected chi connectivity index (χ2v) is 10.1. The second-order valence-electron chi connectivity index (χ2n) is 8.05. The van der Waals surface area contributed by atoms with Gasteiger partial charge in [-0.2, -0.15) is 12.7 Å². The molecule has 3 rings (SSSR count). The third kappa shape index (κ3) is 5.77. The van der Waals surface area contributed by atoms with Crippen LogP contribution in [0.1, 0.15) is 40.0 Å². The van der Waals surface area contributed by atoms with E-state index < -0.39 is 16.0 Å². The van der Waals surface area contributed by atoms with Crippen LogP contribution in [0, 0.1) is 12.7 Å². The minimum Gasteiger partial charge on any atom is -0.346 e. The Bertz CT molecular complexity index is 1210. The topological polar surface area (TPSA) is 69.7 Å². The first-order valence-corrected chi connectivity index (χ1v) is 11.9. The zero-order chi connectivity index (χ0) is 24.2. The summed E-state index contributed by atoms with van der Waals surface area (Å²) >= 11 is 0. The van der Waals surface area contributed by atoms with Crippen LogP contribution in [0.15, 0.2) is 72.8 Å². The highest BCUT2D eigenvalue weighted by Gasteiger charge is 2.27. The van der Waals surface area contributed by atoms with Crippen LogP contribution in [-0.4, -0.2) is 32.7 Å². The number of amides is 1. The van der Waals surface area contributed by atoms with Crippen LogP contribution in [0.5, 0.6) is 0 Å². The van der Waals surface area contributed by atoms with Crippen LogP contribution < -0.4 is 9.62 Å². The number of benzene rings is 3. The molecular formula is C25H28FN3O3S. The summed E-state index contributed by atoms with van der Waals surface area (Å²) in [5.74, 6) is -0.870. The van der Waals surface area contributed by atoms with Crippen molar-refractivity contribution in [2.24, 2.45) is 0 Å². The lowest BCUT2D eigenvalue weighted by atomic mass is 10.1. The quantitative estimate of drug-likeness (QED) is 0.530. The van der Waals surface area contributed by atoms with Gasteiger partial charge < -0.3 is 5.32 Å². The van der Waals surface area contributed by atoms with Crippen LogP contribution in [0.3, 0.4) is 0 Å². The number of hydrogen-bond donors (Lipinski definition) is 1. The highest BCUT2D eigenvalue weighted by molar-refractivity contribution is 7.90. The molecule has 0 saturated heterocycles. The van der Waals surface area contributed by atoms with Crippen molar-refractivity contribution in [3.8, 4) is 0 Å². The van der Waals surface area contributed by atoms with Gasteiger partial charge in [-0.15, -0.1) is 0 Å². The Labute approximate surface area is 194 Å². The zero-order valence-corrected chi connectivity index (χ0v) is 19.9. The van der Waals surface area contributed by atoms with Crippen molar-refractivity contribution in [2.75, 3.05) is 18.4 Å². The smallest absolute Gasteiger partial charge is 0.303 e. The fourth-order valence-electron chi connectivity index (χ4n) is 3.29. The van der Waals surface area contributed by atoms with Crippen LogP contribution in [0.2, 0.25) is 0 Å². The number of carbonyl (C=O) groups is 1. The van der Waals surface area contributed by atoms with Gasteiger partial charge in [-0.25, -0.2) is 4.39 Å². The molecule has 0 aliphatic carbocycles. The number of nitrogens with one attached hydrogen (secondary N) is 1.